The summed E-state index contributed by atoms with van der Waals surface area (Å²) in [6, 6.07) is 14.9. The maximum atomic E-state index is 5.99. The number of benzene rings is 2. The Morgan fingerprint density at radius 2 is 2.14 bits per heavy atom. The second-order valence-corrected chi connectivity index (χ2v) is 5.54. The molecule has 106 valence electrons. The summed E-state index contributed by atoms with van der Waals surface area (Å²) in [5.74, 6) is 0.769. The molecule has 1 unspecified atom stereocenters. The van der Waals surface area contributed by atoms with E-state index in [1.807, 2.05) is 6.07 Å². The van der Waals surface area contributed by atoms with Gasteiger partial charge in [-0.2, -0.15) is 0 Å². The summed E-state index contributed by atoms with van der Waals surface area (Å²) in [4.78, 5) is 4.71. The van der Waals surface area contributed by atoms with Gasteiger partial charge in [-0.15, -0.1) is 0 Å². The molecule has 0 radical (unpaired) electrons. The van der Waals surface area contributed by atoms with Gasteiger partial charge < -0.3 is 9.73 Å². The molecular weight excluding hydrogens is 260 g/mol. The van der Waals surface area contributed by atoms with Crippen LogP contribution in [-0.2, 0) is 12.8 Å². The van der Waals surface area contributed by atoms with Gasteiger partial charge in [0, 0.05) is 6.54 Å². The van der Waals surface area contributed by atoms with Crippen LogP contribution in [0.25, 0.3) is 11.1 Å². The second kappa shape index (κ2) is 5.01. The Bertz CT molecular complexity index is 791. The van der Waals surface area contributed by atoms with E-state index in [1.54, 1.807) is 0 Å². The SMILES string of the molecule is CCc1ccc2oc(C3NCCc4ccccc43)nc2c1. The second-order valence-electron chi connectivity index (χ2n) is 5.54. The molecule has 0 spiro atoms. The maximum Gasteiger partial charge on any atom is 0.217 e. The molecule has 2 aromatic carbocycles. The molecule has 1 aromatic heterocycles. The van der Waals surface area contributed by atoms with Gasteiger partial charge in [0.1, 0.15) is 11.6 Å². The van der Waals surface area contributed by atoms with Gasteiger partial charge >= 0.3 is 0 Å². The van der Waals surface area contributed by atoms with E-state index in [1.165, 1.54) is 16.7 Å². The smallest absolute Gasteiger partial charge is 0.217 e. The molecule has 1 aliphatic heterocycles. The van der Waals surface area contributed by atoms with Crippen LogP contribution in [0.15, 0.2) is 46.9 Å². The minimum absolute atomic E-state index is 0.0624. The van der Waals surface area contributed by atoms with E-state index >= 15 is 0 Å². The molecule has 1 aliphatic rings. The molecular formula is C18H18N2O. The first-order valence-corrected chi connectivity index (χ1v) is 7.55. The van der Waals surface area contributed by atoms with E-state index in [0.717, 1.165) is 36.4 Å². The van der Waals surface area contributed by atoms with E-state index in [9.17, 15) is 0 Å². The first kappa shape index (κ1) is 12.6. The molecule has 1 atom stereocenters. The number of oxazole rings is 1. The highest BCUT2D eigenvalue weighted by Crippen LogP contribution is 2.30. The summed E-state index contributed by atoms with van der Waals surface area (Å²) in [6.07, 6.45) is 2.08. The van der Waals surface area contributed by atoms with Crippen molar-refractivity contribution >= 4 is 11.1 Å². The van der Waals surface area contributed by atoms with Crippen LogP contribution in [0, 0.1) is 0 Å². The minimum Gasteiger partial charge on any atom is -0.439 e. The fraction of sp³-hybridized carbons (Fsp3) is 0.278. The predicted molar refractivity (Wildman–Crippen MR) is 83.4 cm³/mol. The van der Waals surface area contributed by atoms with Gasteiger partial charge in [0.05, 0.1) is 0 Å². The summed E-state index contributed by atoms with van der Waals surface area (Å²) < 4.78 is 5.99. The third-order valence-corrected chi connectivity index (χ3v) is 4.23. The van der Waals surface area contributed by atoms with Crippen LogP contribution >= 0.6 is 0 Å². The molecule has 0 amide bonds. The highest BCUT2D eigenvalue weighted by atomic mass is 16.3. The van der Waals surface area contributed by atoms with E-state index in [-0.39, 0.29) is 6.04 Å². The average molecular weight is 278 g/mol. The zero-order valence-electron chi connectivity index (χ0n) is 12.1. The molecule has 2 heterocycles. The highest BCUT2D eigenvalue weighted by Gasteiger charge is 2.25. The van der Waals surface area contributed by atoms with Crippen molar-refractivity contribution in [3.05, 3.63) is 65.0 Å². The zero-order chi connectivity index (χ0) is 14.2. The van der Waals surface area contributed by atoms with Crippen LogP contribution in [0.3, 0.4) is 0 Å². The van der Waals surface area contributed by atoms with E-state index < -0.39 is 0 Å². The number of hydrogen-bond acceptors (Lipinski definition) is 3. The molecule has 0 saturated carbocycles. The van der Waals surface area contributed by atoms with Crippen molar-refractivity contribution in [1.29, 1.82) is 0 Å². The topological polar surface area (TPSA) is 38.1 Å². The van der Waals surface area contributed by atoms with E-state index in [0.29, 0.717) is 0 Å². The normalized spacial score (nSPS) is 17.9. The Balaban J connectivity index is 1.80. The number of fused-ring (bicyclic) bond motifs is 2. The number of nitrogens with one attached hydrogen (secondary N) is 1. The lowest BCUT2D eigenvalue weighted by Crippen LogP contribution is -2.30. The van der Waals surface area contributed by atoms with Gasteiger partial charge in [-0.05, 0) is 41.7 Å². The highest BCUT2D eigenvalue weighted by molar-refractivity contribution is 5.73. The van der Waals surface area contributed by atoms with Crippen molar-refractivity contribution in [2.45, 2.75) is 25.8 Å². The number of rotatable bonds is 2. The van der Waals surface area contributed by atoms with E-state index in [2.05, 4.69) is 48.6 Å². The number of nitrogens with zero attached hydrogens (tertiary/aromatic N) is 1. The maximum absolute atomic E-state index is 5.99. The minimum atomic E-state index is 0.0624. The molecule has 3 heteroatoms. The number of aryl methyl sites for hydroxylation is 1. The molecule has 3 nitrogen and oxygen atoms in total. The molecule has 0 fully saturated rings. The lowest BCUT2D eigenvalue weighted by Gasteiger charge is -2.24. The molecule has 21 heavy (non-hydrogen) atoms. The van der Waals surface area contributed by atoms with Gasteiger partial charge in [0.2, 0.25) is 5.89 Å². The summed E-state index contributed by atoms with van der Waals surface area (Å²) in [6.45, 7) is 3.11. The van der Waals surface area contributed by atoms with Crippen molar-refractivity contribution in [1.82, 2.24) is 10.3 Å². The third kappa shape index (κ3) is 2.14. The third-order valence-electron chi connectivity index (χ3n) is 4.23. The molecule has 4 rings (SSSR count). The Labute approximate surface area is 124 Å². The van der Waals surface area contributed by atoms with Crippen LogP contribution in [-0.4, -0.2) is 11.5 Å². The predicted octanol–water partition coefficient (Wildman–Crippen LogP) is 3.63. The quantitative estimate of drug-likeness (QED) is 0.778. The van der Waals surface area contributed by atoms with Crippen LogP contribution in [0.4, 0.5) is 0 Å². The van der Waals surface area contributed by atoms with Crippen LogP contribution < -0.4 is 5.32 Å². The first-order valence-electron chi connectivity index (χ1n) is 7.55. The van der Waals surface area contributed by atoms with Crippen molar-refractivity contribution in [2.75, 3.05) is 6.54 Å². The Morgan fingerprint density at radius 1 is 1.24 bits per heavy atom. The fourth-order valence-electron chi connectivity index (χ4n) is 3.06. The Hall–Kier alpha value is -2.13. The van der Waals surface area contributed by atoms with E-state index in [4.69, 9.17) is 9.40 Å². The summed E-state index contributed by atoms with van der Waals surface area (Å²) in [5, 5.41) is 3.52. The number of hydrogen-bond donors (Lipinski definition) is 1. The average Bonchev–Trinajstić information content (AvgIpc) is 2.97. The summed E-state index contributed by atoms with van der Waals surface area (Å²) >= 11 is 0. The molecule has 0 aliphatic carbocycles. The van der Waals surface area contributed by atoms with Gasteiger partial charge in [-0.3, -0.25) is 0 Å². The van der Waals surface area contributed by atoms with Crippen molar-refractivity contribution in [3.63, 3.8) is 0 Å². The lowest BCUT2D eigenvalue weighted by atomic mass is 9.94. The van der Waals surface area contributed by atoms with Gasteiger partial charge in [-0.25, -0.2) is 4.98 Å². The van der Waals surface area contributed by atoms with Crippen molar-refractivity contribution in [3.8, 4) is 0 Å². The molecule has 0 saturated heterocycles. The number of aromatic nitrogens is 1. The van der Waals surface area contributed by atoms with Crippen molar-refractivity contribution < 1.29 is 4.42 Å². The zero-order valence-corrected chi connectivity index (χ0v) is 12.1. The Morgan fingerprint density at radius 3 is 3.05 bits per heavy atom. The summed E-state index contributed by atoms with van der Waals surface area (Å²) in [5.41, 5.74) is 5.78. The van der Waals surface area contributed by atoms with Crippen molar-refractivity contribution in [2.24, 2.45) is 0 Å². The molecule has 3 aromatic rings. The largest absolute Gasteiger partial charge is 0.439 e. The standard InChI is InChI=1S/C18H18N2O/c1-2-12-7-8-16-15(11-12)20-18(21-16)17-14-6-4-3-5-13(14)9-10-19-17/h3-8,11,17,19H,2,9-10H2,1H3. The summed E-state index contributed by atoms with van der Waals surface area (Å²) in [7, 11) is 0. The van der Waals surface area contributed by atoms with Crippen LogP contribution in [0.5, 0.6) is 0 Å². The monoisotopic (exact) mass is 278 g/mol. The van der Waals surface area contributed by atoms with Gasteiger partial charge in [-0.1, -0.05) is 37.3 Å². The van der Waals surface area contributed by atoms with Gasteiger partial charge in [0.15, 0.2) is 5.58 Å². The van der Waals surface area contributed by atoms with Gasteiger partial charge in [0.25, 0.3) is 0 Å². The molecule has 0 bridgehead atoms. The van der Waals surface area contributed by atoms with Crippen LogP contribution in [0.1, 0.15) is 35.5 Å². The van der Waals surface area contributed by atoms with Crippen LogP contribution in [0.2, 0.25) is 0 Å². The fourth-order valence-corrected chi connectivity index (χ4v) is 3.06. The molecule has 1 N–H and O–H groups in total. The first-order chi connectivity index (χ1) is 10.3. The lowest BCUT2D eigenvalue weighted by molar-refractivity contribution is 0.439. The Kier molecular flexibility index (Phi) is 3.00.